The molecule has 0 unspecified atom stereocenters. The van der Waals surface area contributed by atoms with Crippen LogP contribution in [-0.2, 0) is 32.5 Å². The van der Waals surface area contributed by atoms with Crippen LogP contribution >= 0.6 is 12.4 Å². The third-order valence-electron chi connectivity index (χ3n) is 24.2. The number of hydrazine groups is 2. The molecular formula is C90H121ClN16O19Si3. The van der Waals surface area contributed by atoms with Gasteiger partial charge in [0.2, 0.25) is 35.4 Å². The van der Waals surface area contributed by atoms with Crippen molar-refractivity contribution in [3.8, 4) is 45.3 Å². The van der Waals surface area contributed by atoms with Gasteiger partial charge in [-0.15, -0.1) is 32.8 Å². The molecule has 6 heterocycles. The van der Waals surface area contributed by atoms with Gasteiger partial charge in [0.25, 0.3) is 29.5 Å². The summed E-state index contributed by atoms with van der Waals surface area (Å²) in [5.41, 5.74) is 11.4. The second-order valence-corrected chi connectivity index (χ2v) is 51.4. The van der Waals surface area contributed by atoms with Crippen molar-refractivity contribution >= 4 is 84.7 Å². The highest BCUT2D eigenvalue weighted by atomic mass is 35.5. The molecule has 0 saturated heterocycles. The second kappa shape index (κ2) is 43.7. The van der Waals surface area contributed by atoms with Crippen LogP contribution in [0, 0.1) is 11.8 Å². The third kappa shape index (κ3) is 27.5. The number of aliphatic hydroxyl groups is 1. The Bertz CT molecular complexity index is 5350. The van der Waals surface area contributed by atoms with E-state index in [-0.39, 0.29) is 151 Å². The number of amides is 7. The molecule has 35 nitrogen and oxygen atoms in total. The summed E-state index contributed by atoms with van der Waals surface area (Å²) in [6, 6.07) is 44.3. The first-order chi connectivity index (χ1) is 60.2. The zero-order chi connectivity index (χ0) is 93.4. The lowest BCUT2D eigenvalue weighted by molar-refractivity contribution is -0.144. The molecule has 694 valence electrons. The minimum absolute atomic E-state index is 0. The van der Waals surface area contributed by atoms with Crippen molar-refractivity contribution < 1.29 is 88.8 Å². The molecule has 6 aromatic heterocycles. The largest absolute Gasteiger partial charge is 0.479 e. The summed E-state index contributed by atoms with van der Waals surface area (Å²) in [5, 5.41) is 61.5. The van der Waals surface area contributed by atoms with Crippen LogP contribution < -0.4 is 43.4 Å². The van der Waals surface area contributed by atoms with Crippen molar-refractivity contribution in [3.63, 3.8) is 0 Å². The molecule has 11 N–H and O–H groups in total. The first-order valence-corrected chi connectivity index (χ1v) is 51.5. The molecule has 39 heteroatoms. The van der Waals surface area contributed by atoms with Crippen LogP contribution in [0.1, 0.15) is 231 Å². The standard InChI is InChI=1S/C24H34N4O5Si.C24H32N4O4Si.C18H18N4O4.C15H16N4O3.C9H20O3Si.ClH/c1-15(33-34(5,6)24(2,3)4)21(29)26-27-22(30)17-12-18(13-17)25-23(31)19-14-20(32-28-19)16-10-8-7-9-11-16;1-15(32-33(5,6)24(2,3)4)22-26-27-23(30-22)17-12-18(13-17)25-21(29)19-14-20(31-28-19)16-10-8-7-9-11-16;1-10(23)17-20-21-18(25-17)12-7-13(8-12)19-16(24)14-9-15(26-22-14)11-5-3-2-4-6-11;16-18-14(20)10-6-11(7-10)17-15(21)12-8-13(22-19-12)9-4-2-1-3-5-9;1-7(8(10)11)12-13(5,6)9(2,3)4;/h7-11,14-15,17-18H,12-13H2,1-6H3,(H,25,31)(H,26,29)(H,27,30);7-11,14-15,17-18H,12-13H2,1-6H3,(H,25,29);2-6,9-10,12-13,23H,7-8H2,1H3,(H,19,24);1-5,8,10-11H,6-7,16H2,(H,17,21)(H,18,20);7H,1-6H3,(H,10,11);1H/t2*15-,17?,18?;10-,12?,13?;;7-;/m111.1./s1. The van der Waals surface area contributed by atoms with E-state index >= 15 is 0 Å². The molecule has 0 aliphatic heterocycles. The van der Waals surface area contributed by atoms with Gasteiger partial charge in [0.05, 0.1) is 0 Å². The number of rotatable bonds is 26. The fourth-order valence-electron chi connectivity index (χ4n) is 12.9. The molecule has 129 heavy (non-hydrogen) atoms. The predicted molar refractivity (Wildman–Crippen MR) is 487 cm³/mol. The SMILES string of the molecule is C[C@@H](O)c1nnc(C2CC(NC(=O)c3cc(-c4ccccc4)on3)C2)o1.C[C@@H](O[Si](C)(C)C(C)(C)C)C(=O)NNC(=O)C1CC(NC(=O)c2cc(-c3ccccc3)on2)C1.C[C@@H](O[Si](C)(C)C(C)(C)C)C(=O)O.C[C@@H](O[Si](C)(C)C(C)(C)C)c1nnc(C2CC(NC(=O)c3cc(-c4ccccc4)on3)C2)o1.Cl.NNC(=O)C1CC(NC(=O)c2cc(-c3ccccc3)on2)C1. The van der Waals surface area contributed by atoms with Crippen LogP contribution in [0.2, 0.25) is 54.4 Å². The van der Waals surface area contributed by atoms with Crippen LogP contribution in [0.15, 0.2) is 173 Å². The predicted octanol–water partition coefficient (Wildman–Crippen LogP) is 15.1. The number of aliphatic carboxylic acids is 1. The van der Waals surface area contributed by atoms with Gasteiger partial charge in [-0.05, 0) is 133 Å². The highest BCUT2D eigenvalue weighted by molar-refractivity contribution is 6.75. The minimum Gasteiger partial charge on any atom is -0.479 e. The lowest BCUT2D eigenvalue weighted by atomic mass is 9.79. The van der Waals surface area contributed by atoms with Crippen LogP contribution in [0.3, 0.4) is 0 Å². The minimum atomic E-state index is -2.10. The van der Waals surface area contributed by atoms with Crippen LogP contribution in [0.5, 0.6) is 0 Å². The maximum Gasteiger partial charge on any atom is 0.331 e. The van der Waals surface area contributed by atoms with Gasteiger partial charge >= 0.3 is 5.97 Å². The molecule has 7 amide bonds. The molecule has 0 bridgehead atoms. The summed E-state index contributed by atoms with van der Waals surface area (Å²) in [4.78, 5) is 96.0. The van der Waals surface area contributed by atoms with E-state index in [4.69, 9.17) is 51.2 Å². The molecule has 4 aliphatic carbocycles. The van der Waals surface area contributed by atoms with Gasteiger partial charge in [-0.2, -0.15) is 0 Å². The summed E-state index contributed by atoms with van der Waals surface area (Å²) in [6.07, 6.45) is 2.64. The van der Waals surface area contributed by atoms with E-state index in [1.165, 1.54) is 0 Å². The Morgan fingerprint density at radius 2 is 0.698 bits per heavy atom. The molecular weight excluding hydrogens is 1730 g/mol. The normalized spacial score (nSPS) is 19.1. The monoisotopic (exact) mass is 1850 g/mol. The summed E-state index contributed by atoms with van der Waals surface area (Å²) >= 11 is 0. The molecule has 4 atom stereocenters. The zero-order valence-corrected chi connectivity index (χ0v) is 80.2. The van der Waals surface area contributed by atoms with Gasteiger partial charge in [-0.25, -0.2) is 10.6 Å². The summed E-state index contributed by atoms with van der Waals surface area (Å²) in [7, 11) is -5.95. The van der Waals surface area contributed by atoms with Crippen molar-refractivity contribution in [1.82, 2.24) is 78.6 Å². The van der Waals surface area contributed by atoms with Crippen LogP contribution in [0.4, 0.5) is 0 Å². The number of hydrogen-bond acceptors (Lipinski definition) is 27. The lowest BCUT2D eigenvalue weighted by Crippen LogP contribution is -2.55. The maximum atomic E-state index is 12.5. The number of nitrogens with one attached hydrogen (secondary N) is 7. The van der Waals surface area contributed by atoms with Crippen molar-refractivity contribution in [1.29, 1.82) is 0 Å². The Hall–Kier alpha value is -11.5. The Morgan fingerprint density at radius 3 is 0.992 bits per heavy atom. The highest BCUT2D eigenvalue weighted by Gasteiger charge is 2.45. The molecule has 4 aromatic carbocycles. The zero-order valence-electron chi connectivity index (χ0n) is 76.3. The number of carbonyl (C=O) groups excluding carboxylic acids is 7. The number of nitrogens with zero attached hydrogens (tertiary/aromatic N) is 8. The van der Waals surface area contributed by atoms with E-state index < -0.39 is 49.2 Å². The first kappa shape index (κ1) is 101. The average molecular weight is 1850 g/mol. The number of carbonyl (C=O) groups is 8. The van der Waals surface area contributed by atoms with Crippen molar-refractivity contribution in [2.75, 3.05) is 0 Å². The van der Waals surface area contributed by atoms with Gasteiger partial charge in [-0.3, -0.25) is 49.8 Å². The molecule has 4 saturated carbocycles. The summed E-state index contributed by atoms with van der Waals surface area (Å²) < 4.78 is 50.4. The number of aromatic nitrogens is 8. The molecule has 14 rings (SSSR count). The number of nitrogens with two attached hydrogens (primary N) is 1. The molecule has 10 aromatic rings. The smallest absolute Gasteiger partial charge is 0.331 e. The number of aliphatic hydroxyl groups excluding tert-OH is 1. The number of hydrogen-bond donors (Lipinski definition) is 10. The molecule has 4 aliphatic rings. The average Bonchev–Trinajstić information content (AvgIpc) is 1.67. The lowest BCUT2D eigenvalue weighted by Gasteiger charge is -2.38. The Balaban J connectivity index is 0.000000187. The number of halogens is 1. The highest BCUT2D eigenvalue weighted by Crippen LogP contribution is 2.44. The van der Waals surface area contributed by atoms with E-state index in [0.29, 0.717) is 79.2 Å². The topological polar surface area (TPSA) is 497 Å². The molecule has 4 fully saturated rings. The van der Waals surface area contributed by atoms with E-state index in [9.17, 15) is 43.5 Å². The Labute approximate surface area is 758 Å². The summed E-state index contributed by atoms with van der Waals surface area (Å²) in [5.74, 6) is 5.96. The Morgan fingerprint density at radius 1 is 0.411 bits per heavy atom. The van der Waals surface area contributed by atoms with Crippen molar-refractivity contribution in [2.45, 2.75) is 256 Å². The van der Waals surface area contributed by atoms with E-state index in [1.54, 1.807) is 45.0 Å². The van der Waals surface area contributed by atoms with Gasteiger partial charge < -0.3 is 71.7 Å². The van der Waals surface area contributed by atoms with Gasteiger partial charge in [0, 0.05) is 94.4 Å². The fourth-order valence-corrected chi connectivity index (χ4v) is 16.9. The van der Waals surface area contributed by atoms with Gasteiger partial charge in [0.1, 0.15) is 24.4 Å². The number of carboxylic acid groups (broad SMARTS) is 1. The molecule has 0 radical (unpaired) electrons. The Kier molecular flexibility index (Phi) is 34.3. The van der Waals surface area contributed by atoms with Crippen molar-refractivity contribution in [3.05, 3.63) is 192 Å². The van der Waals surface area contributed by atoms with E-state index in [2.05, 4.69) is 167 Å². The van der Waals surface area contributed by atoms with E-state index in [0.717, 1.165) is 35.1 Å². The summed E-state index contributed by atoms with van der Waals surface area (Å²) in [6.45, 7) is 38.6. The number of benzene rings is 4. The molecule has 0 spiro atoms. The van der Waals surface area contributed by atoms with Gasteiger partial charge in [-0.1, -0.05) is 204 Å². The second-order valence-electron chi connectivity index (χ2n) is 37.1. The van der Waals surface area contributed by atoms with Crippen LogP contribution in [-0.4, -0.2) is 160 Å². The maximum absolute atomic E-state index is 12.5. The third-order valence-corrected chi connectivity index (χ3v) is 37.8. The fraction of sp³-hybridized carbons (Fsp3) is 0.467. The van der Waals surface area contributed by atoms with Crippen molar-refractivity contribution in [2.24, 2.45) is 17.7 Å². The van der Waals surface area contributed by atoms with E-state index in [1.807, 2.05) is 141 Å². The van der Waals surface area contributed by atoms with Gasteiger partial charge in [0.15, 0.2) is 70.8 Å². The quantitative estimate of drug-likeness (QED) is 0.0104. The first-order valence-electron chi connectivity index (χ1n) is 42.8. The van der Waals surface area contributed by atoms with Crippen LogP contribution in [0.25, 0.3) is 45.3 Å². The number of carboxylic acids is 1.